The number of benzene rings is 2. The first-order chi connectivity index (χ1) is 13.7. The van der Waals surface area contributed by atoms with Gasteiger partial charge in [-0.15, -0.1) is 0 Å². The fourth-order valence-electron chi connectivity index (χ4n) is 5.66. The lowest BCUT2D eigenvalue weighted by atomic mass is 9.60. The third-order valence-electron chi connectivity index (χ3n) is 6.88. The van der Waals surface area contributed by atoms with Gasteiger partial charge >= 0.3 is 5.97 Å². The molecule has 2 heterocycles. The summed E-state index contributed by atoms with van der Waals surface area (Å²) in [6.45, 7) is 0. The Labute approximate surface area is 165 Å². The number of hydrogen-bond acceptors (Lipinski definition) is 3. The molecule has 2 fully saturated rings. The van der Waals surface area contributed by atoms with Crippen LogP contribution in [0.3, 0.4) is 0 Å². The van der Waals surface area contributed by atoms with Crippen molar-refractivity contribution in [3.8, 4) is 0 Å². The molecule has 0 bridgehead atoms. The van der Waals surface area contributed by atoms with Crippen LogP contribution in [0.15, 0.2) is 54.6 Å². The topological polar surface area (TPSA) is 55.4 Å². The highest BCUT2D eigenvalue weighted by Gasteiger charge is 2.70. The van der Waals surface area contributed by atoms with Crippen molar-refractivity contribution in [2.24, 2.45) is 5.41 Å². The monoisotopic (exact) mass is 375 g/mol. The van der Waals surface area contributed by atoms with Gasteiger partial charge in [0.25, 0.3) is 0 Å². The molecule has 1 N–H and O–H groups in total. The van der Waals surface area contributed by atoms with Gasteiger partial charge in [0.2, 0.25) is 5.91 Å². The molecular weight excluding hydrogens is 350 g/mol. The van der Waals surface area contributed by atoms with Gasteiger partial charge in [-0.05, 0) is 49.3 Å². The minimum Gasteiger partial charge on any atom is -0.458 e. The average molecular weight is 375 g/mol. The highest BCUT2D eigenvalue weighted by atomic mass is 16.6. The molecule has 1 aliphatic carbocycles. The van der Waals surface area contributed by atoms with Crippen LogP contribution >= 0.6 is 0 Å². The van der Waals surface area contributed by atoms with Crippen molar-refractivity contribution in [1.29, 1.82) is 0 Å². The van der Waals surface area contributed by atoms with Crippen LogP contribution in [0.2, 0.25) is 0 Å². The number of rotatable bonds is 2. The van der Waals surface area contributed by atoms with Gasteiger partial charge in [-0.25, -0.2) is 0 Å². The molecule has 2 aliphatic heterocycles. The molecule has 1 saturated heterocycles. The summed E-state index contributed by atoms with van der Waals surface area (Å²) in [5, 5.41) is 3.02. The smallest absolute Gasteiger partial charge is 0.323 e. The SMILES string of the molecule is O=C1Nc2ccccc2[C@@H]2C3(CCCCCC3)OC(=O)[C@]12Cc1ccccc1. The van der Waals surface area contributed by atoms with E-state index in [2.05, 4.69) is 11.4 Å². The van der Waals surface area contributed by atoms with Crippen molar-refractivity contribution < 1.29 is 14.3 Å². The first-order valence-corrected chi connectivity index (χ1v) is 10.3. The fraction of sp³-hybridized carbons (Fsp3) is 0.417. The molecule has 3 aliphatic rings. The molecule has 5 rings (SSSR count). The standard InChI is InChI=1S/C24H25NO3/c26-21-24(16-17-10-4-3-5-11-17)20(18-12-6-7-13-19(18)25-21)23(28-22(24)27)14-8-1-2-9-15-23/h3-7,10-13,20H,1-2,8-9,14-16H2,(H,25,26)/t20-,24+/m1/s1. The second-order valence-corrected chi connectivity index (χ2v) is 8.48. The molecule has 4 nitrogen and oxygen atoms in total. The summed E-state index contributed by atoms with van der Waals surface area (Å²) in [5.74, 6) is -0.808. The molecule has 144 valence electrons. The van der Waals surface area contributed by atoms with Crippen molar-refractivity contribution in [3.05, 3.63) is 65.7 Å². The molecule has 4 heteroatoms. The Kier molecular flexibility index (Phi) is 4.04. The number of para-hydroxylation sites is 1. The number of esters is 1. The van der Waals surface area contributed by atoms with Crippen LogP contribution in [0.25, 0.3) is 0 Å². The third kappa shape index (κ3) is 2.43. The van der Waals surface area contributed by atoms with Crippen molar-refractivity contribution in [2.45, 2.75) is 56.5 Å². The van der Waals surface area contributed by atoms with Crippen LogP contribution in [-0.4, -0.2) is 17.5 Å². The van der Waals surface area contributed by atoms with E-state index >= 15 is 0 Å². The summed E-state index contributed by atoms with van der Waals surface area (Å²) in [5.41, 5.74) is 1.09. The zero-order valence-electron chi connectivity index (χ0n) is 15.9. The maximum absolute atomic E-state index is 13.5. The van der Waals surface area contributed by atoms with E-state index in [1.54, 1.807) is 0 Å². The summed E-state index contributed by atoms with van der Waals surface area (Å²) in [7, 11) is 0. The van der Waals surface area contributed by atoms with E-state index in [-0.39, 0.29) is 17.8 Å². The van der Waals surface area contributed by atoms with Crippen LogP contribution in [0.4, 0.5) is 5.69 Å². The van der Waals surface area contributed by atoms with Gasteiger partial charge in [-0.3, -0.25) is 9.59 Å². The number of ether oxygens (including phenoxy) is 1. The van der Waals surface area contributed by atoms with E-state index in [0.717, 1.165) is 55.3 Å². The van der Waals surface area contributed by atoms with Crippen LogP contribution < -0.4 is 5.32 Å². The summed E-state index contributed by atoms with van der Waals surface area (Å²) >= 11 is 0. The summed E-state index contributed by atoms with van der Waals surface area (Å²) in [4.78, 5) is 26.9. The Morgan fingerprint density at radius 3 is 2.32 bits per heavy atom. The quantitative estimate of drug-likeness (QED) is 0.616. The second kappa shape index (κ2) is 6.47. The number of amides is 1. The van der Waals surface area contributed by atoms with Crippen LogP contribution in [0.5, 0.6) is 0 Å². The van der Waals surface area contributed by atoms with Crippen molar-refractivity contribution >= 4 is 17.6 Å². The highest BCUT2D eigenvalue weighted by molar-refractivity contribution is 6.14. The van der Waals surface area contributed by atoms with Gasteiger partial charge < -0.3 is 10.1 Å². The zero-order chi connectivity index (χ0) is 19.2. The van der Waals surface area contributed by atoms with E-state index in [1.165, 1.54) is 0 Å². The highest BCUT2D eigenvalue weighted by Crippen LogP contribution is 2.61. The van der Waals surface area contributed by atoms with Crippen LogP contribution in [-0.2, 0) is 20.7 Å². The Bertz CT molecular complexity index is 914. The van der Waals surface area contributed by atoms with E-state index in [9.17, 15) is 9.59 Å². The molecule has 1 amide bonds. The molecular formula is C24H25NO3. The molecule has 0 radical (unpaired) electrons. The molecule has 2 atom stereocenters. The van der Waals surface area contributed by atoms with Gasteiger partial charge in [0.1, 0.15) is 5.60 Å². The molecule has 0 unspecified atom stereocenters. The van der Waals surface area contributed by atoms with E-state index in [0.29, 0.717) is 6.42 Å². The van der Waals surface area contributed by atoms with E-state index in [1.807, 2.05) is 48.5 Å². The maximum Gasteiger partial charge on any atom is 0.323 e. The average Bonchev–Trinajstić information content (AvgIpc) is 2.84. The molecule has 2 aromatic carbocycles. The summed E-state index contributed by atoms with van der Waals surface area (Å²) in [6.07, 6.45) is 6.43. The van der Waals surface area contributed by atoms with Gasteiger partial charge in [0.05, 0.1) is 5.92 Å². The third-order valence-corrected chi connectivity index (χ3v) is 6.88. The van der Waals surface area contributed by atoms with Crippen LogP contribution in [0, 0.1) is 5.41 Å². The molecule has 1 spiro atoms. The van der Waals surface area contributed by atoms with E-state index in [4.69, 9.17) is 4.74 Å². The first-order valence-electron chi connectivity index (χ1n) is 10.3. The lowest BCUT2D eigenvalue weighted by Crippen LogP contribution is -2.51. The van der Waals surface area contributed by atoms with Crippen molar-refractivity contribution in [3.63, 3.8) is 0 Å². The van der Waals surface area contributed by atoms with Crippen molar-refractivity contribution in [2.75, 3.05) is 5.32 Å². The minimum atomic E-state index is -1.19. The predicted octanol–water partition coefficient (Wildman–Crippen LogP) is 4.60. The number of carbonyl (C=O) groups is 2. The van der Waals surface area contributed by atoms with Crippen molar-refractivity contribution in [1.82, 2.24) is 0 Å². The number of anilines is 1. The van der Waals surface area contributed by atoms with Gasteiger partial charge in [0, 0.05) is 5.69 Å². The Balaban J connectivity index is 1.71. The molecule has 2 aromatic rings. The second-order valence-electron chi connectivity index (χ2n) is 8.48. The van der Waals surface area contributed by atoms with Gasteiger partial charge in [-0.1, -0.05) is 61.4 Å². The number of fused-ring (bicyclic) bond motifs is 4. The van der Waals surface area contributed by atoms with Gasteiger partial charge in [0.15, 0.2) is 5.41 Å². The predicted molar refractivity (Wildman–Crippen MR) is 107 cm³/mol. The largest absolute Gasteiger partial charge is 0.458 e. The number of hydrogen-bond donors (Lipinski definition) is 1. The number of nitrogens with one attached hydrogen (secondary N) is 1. The Morgan fingerprint density at radius 2 is 1.57 bits per heavy atom. The molecule has 0 aromatic heterocycles. The van der Waals surface area contributed by atoms with E-state index < -0.39 is 11.0 Å². The Morgan fingerprint density at radius 1 is 0.893 bits per heavy atom. The van der Waals surface area contributed by atoms with Crippen LogP contribution in [0.1, 0.15) is 55.6 Å². The minimum absolute atomic E-state index is 0.217. The lowest BCUT2D eigenvalue weighted by molar-refractivity contribution is -0.156. The van der Waals surface area contributed by atoms with Gasteiger partial charge in [-0.2, -0.15) is 0 Å². The Hall–Kier alpha value is -2.62. The molecule has 28 heavy (non-hydrogen) atoms. The summed E-state index contributed by atoms with van der Waals surface area (Å²) < 4.78 is 6.22. The fourth-order valence-corrected chi connectivity index (χ4v) is 5.66. The summed E-state index contributed by atoms with van der Waals surface area (Å²) in [6, 6.07) is 17.8. The molecule has 1 saturated carbocycles. The maximum atomic E-state index is 13.5. The normalized spacial score (nSPS) is 28.1. The number of carbonyl (C=O) groups excluding carboxylic acids is 2. The zero-order valence-corrected chi connectivity index (χ0v) is 15.9. The lowest BCUT2D eigenvalue weighted by Gasteiger charge is -2.42. The first kappa shape index (κ1) is 17.5.